The molecular weight excluding hydrogens is 356 g/mol. The zero-order valence-electron chi connectivity index (χ0n) is 13.9. The minimum Gasteiger partial charge on any atom is -0.481 e. The van der Waals surface area contributed by atoms with Gasteiger partial charge in [0.15, 0.2) is 0 Å². The molecule has 1 aliphatic carbocycles. The number of thioether (sulfide) groups is 1. The minimum absolute atomic E-state index is 0.0622. The molecule has 3 rings (SSSR count). The smallest absolute Gasteiger partial charge is 0.306 e. The molecule has 2 N–H and O–H groups in total. The monoisotopic (exact) mass is 376 g/mol. The topological polar surface area (TPSA) is 79.3 Å². The number of hydrogen-bond acceptors (Lipinski definition) is 5. The van der Waals surface area contributed by atoms with Crippen LogP contribution in [-0.4, -0.2) is 28.0 Å². The van der Waals surface area contributed by atoms with Gasteiger partial charge in [0, 0.05) is 22.1 Å². The maximum absolute atomic E-state index is 12.6. The van der Waals surface area contributed by atoms with Crippen LogP contribution in [0.25, 0.3) is 0 Å². The molecule has 1 aromatic carbocycles. The van der Waals surface area contributed by atoms with Gasteiger partial charge < -0.3 is 10.4 Å². The van der Waals surface area contributed by atoms with Gasteiger partial charge in [0.1, 0.15) is 0 Å². The molecule has 2 aromatic rings. The molecule has 132 valence electrons. The van der Waals surface area contributed by atoms with Crippen molar-refractivity contribution in [2.24, 2.45) is 5.92 Å². The Balaban J connectivity index is 1.63. The van der Waals surface area contributed by atoms with Crippen LogP contribution < -0.4 is 5.32 Å². The van der Waals surface area contributed by atoms with Crippen LogP contribution in [0.5, 0.6) is 0 Å². The van der Waals surface area contributed by atoms with Crippen LogP contribution in [0.1, 0.15) is 40.3 Å². The Labute approximate surface area is 154 Å². The van der Waals surface area contributed by atoms with Crippen LogP contribution in [0.4, 0.5) is 0 Å². The summed E-state index contributed by atoms with van der Waals surface area (Å²) in [5, 5.41) is 15.2. The van der Waals surface area contributed by atoms with Gasteiger partial charge in [-0.25, -0.2) is 4.98 Å². The van der Waals surface area contributed by atoms with E-state index < -0.39 is 5.97 Å². The lowest BCUT2D eigenvalue weighted by atomic mass is 10.1. The van der Waals surface area contributed by atoms with Gasteiger partial charge in [-0.15, -0.1) is 23.1 Å². The SMILES string of the molecule is Cc1nc(CSc2ccccc2C(=O)N[C@H]2CC[C@@H](C(=O)O)C2)cs1. The third-order valence-corrected chi connectivity index (χ3v) is 6.22. The number of aliphatic carboxylic acids is 1. The van der Waals surface area contributed by atoms with E-state index >= 15 is 0 Å². The number of aryl methyl sites for hydroxylation is 1. The molecule has 25 heavy (non-hydrogen) atoms. The molecule has 1 heterocycles. The Morgan fingerprint density at radius 2 is 2.16 bits per heavy atom. The van der Waals surface area contributed by atoms with Gasteiger partial charge in [-0.1, -0.05) is 12.1 Å². The Bertz CT molecular complexity index is 775. The molecular formula is C18H20N2O3S2. The number of rotatable bonds is 6. The first kappa shape index (κ1) is 17.9. The highest BCUT2D eigenvalue weighted by molar-refractivity contribution is 7.98. The van der Waals surface area contributed by atoms with Crippen molar-refractivity contribution < 1.29 is 14.7 Å². The number of amides is 1. The van der Waals surface area contributed by atoms with Crippen molar-refractivity contribution in [1.29, 1.82) is 0 Å². The first-order valence-corrected chi connectivity index (χ1v) is 10.1. The van der Waals surface area contributed by atoms with Gasteiger partial charge in [0.05, 0.1) is 22.2 Å². The molecule has 1 fully saturated rings. The fraction of sp³-hybridized carbons (Fsp3) is 0.389. The van der Waals surface area contributed by atoms with Crippen molar-refractivity contribution in [2.45, 2.75) is 42.9 Å². The number of thiazole rings is 1. The molecule has 0 saturated heterocycles. The Morgan fingerprint density at radius 3 is 2.84 bits per heavy atom. The molecule has 5 nitrogen and oxygen atoms in total. The molecule has 2 atom stereocenters. The number of nitrogens with zero attached hydrogens (tertiary/aromatic N) is 1. The summed E-state index contributed by atoms with van der Waals surface area (Å²) >= 11 is 3.22. The van der Waals surface area contributed by atoms with E-state index in [-0.39, 0.29) is 17.9 Å². The standard InChI is InChI=1S/C18H20N2O3S2/c1-11-19-14(9-24-11)10-25-16-5-3-2-4-15(16)17(21)20-13-7-6-12(8-13)18(22)23/h2-5,9,12-13H,6-8,10H2,1H3,(H,20,21)(H,22,23)/t12-,13+/m1/s1. The van der Waals surface area contributed by atoms with Crippen molar-refractivity contribution in [3.8, 4) is 0 Å². The van der Waals surface area contributed by atoms with E-state index in [0.29, 0.717) is 18.4 Å². The van der Waals surface area contributed by atoms with E-state index in [4.69, 9.17) is 5.11 Å². The summed E-state index contributed by atoms with van der Waals surface area (Å²) in [6.45, 7) is 1.98. The number of carboxylic acid groups (broad SMARTS) is 1. The van der Waals surface area contributed by atoms with Crippen LogP contribution in [0, 0.1) is 12.8 Å². The van der Waals surface area contributed by atoms with E-state index in [2.05, 4.69) is 10.3 Å². The molecule has 1 aliphatic rings. The molecule has 0 aliphatic heterocycles. The Kier molecular flexibility index (Phi) is 5.75. The molecule has 7 heteroatoms. The largest absolute Gasteiger partial charge is 0.481 e. The number of carbonyl (C=O) groups excluding carboxylic acids is 1. The van der Waals surface area contributed by atoms with Crippen molar-refractivity contribution in [2.75, 3.05) is 0 Å². The first-order chi connectivity index (χ1) is 12.0. The van der Waals surface area contributed by atoms with E-state index in [1.165, 1.54) is 0 Å². The number of benzene rings is 1. The highest BCUT2D eigenvalue weighted by Gasteiger charge is 2.30. The van der Waals surface area contributed by atoms with Gasteiger partial charge in [-0.05, 0) is 38.3 Å². The number of aromatic nitrogens is 1. The number of carbonyl (C=O) groups is 2. The zero-order valence-corrected chi connectivity index (χ0v) is 15.5. The maximum atomic E-state index is 12.6. The molecule has 0 radical (unpaired) electrons. The van der Waals surface area contributed by atoms with Gasteiger partial charge in [0.2, 0.25) is 0 Å². The predicted octanol–water partition coefficient (Wildman–Crippen LogP) is 3.73. The summed E-state index contributed by atoms with van der Waals surface area (Å²) in [5.41, 5.74) is 1.65. The average molecular weight is 377 g/mol. The van der Waals surface area contributed by atoms with Crippen LogP contribution in [0.3, 0.4) is 0 Å². The number of hydrogen-bond donors (Lipinski definition) is 2. The van der Waals surface area contributed by atoms with Crippen molar-refractivity contribution in [3.05, 3.63) is 45.9 Å². The van der Waals surface area contributed by atoms with Gasteiger partial charge in [-0.3, -0.25) is 9.59 Å². The van der Waals surface area contributed by atoms with Gasteiger partial charge in [0.25, 0.3) is 5.91 Å². The van der Waals surface area contributed by atoms with Crippen molar-refractivity contribution in [1.82, 2.24) is 10.3 Å². The highest BCUT2D eigenvalue weighted by atomic mass is 32.2. The van der Waals surface area contributed by atoms with E-state index in [1.54, 1.807) is 23.1 Å². The van der Waals surface area contributed by atoms with Crippen LogP contribution >= 0.6 is 23.1 Å². The molecule has 1 aromatic heterocycles. The van der Waals surface area contributed by atoms with E-state index in [0.717, 1.165) is 27.8 Å². The second-order valence-electron chi connectivity index (χ2n) is 6.16. The van der Waals surface area contributed by atoms with Crippen LogP contribution in [-0.2, 0) is 10.5 Å². The predicted molar refractivity (Wildman–Crippen MR) is 99.1 cm³/mol. The van der Waals surface area contributed by atoms with Gasteiger partial charge >= 0.3 is 5.97 Å². The first-order valence-electron chi connectivity index (χ1n) is 8.19. The fourth-order valence-electron chi connectivity index (χ4n) is 3.01. The van der Waals surface area contributed by atoms with Crippen LogP contribution in [0.2, 0.25) is 0 Å². The molecule has 1 saturated carbocycles. The maximum Gasteiger partial charge on any atom is 0.306 e. The number of carboxylic acids is 1. The molecule has 0 unspecified atom stereocenters. The fourth-order valence-corrected chi connectivity index (χ4v) is 4.67. The molecule has 0 spiro atoms. The van der Waals surface area contributed by atoms with Gasteiger partial charge in [-0.2, -0.15) is 0 Å². The molecule has 0 bridgehead atoms. The average Bonchev–Trinajstić information content (AvgIpc) is 3.22. The summed E-state index contributed by atoms with van der Waals surface area (Å²) in [6.07, 6.45) is 1.85. The second kappa shape index (κ2) is 8.01. The Morgan fingerprint density at radius 1 is 1.36 bits per heavy atom. The minimum atomic E-state index is -0.772. The summed E-state index contributed by atoms with van der Waals surface area (Å²) in [6, 6.07) is 7.45. The normalized spacial score (nSPS) is 19.7. The lowest BCUT2D eigenvalue weighted by Gasteiger charge is -2.14. The highest BCUT2D eigenvalue weighted by Crippen LogP contribution is 2.29. The van der Waals surface area contributed by atoms with E-state index in [1.807, 2.05) is 36.6 Å². The van der Waals surface area contributed by atoms with Crippen molar-refractivity contribution in [3.63, 3.8) is 0 Å². The summed E-state index contributed by atoms with van der Waals surface area (Å²) in [5.74, 6) is -0.526. The lowest BCUT2D eigenvalue weighted by molar-refractivity contribution is -0.141. The lowest BCUT2D eigenvalue weighted by Crippen LogP contribution is -2.33. The third kappa shape index (κ3) is 4.61. The summed E-state index contributed by atoms with van der Waals surface area (Å²) < 4.78 is 0. The third-order valence-electron chi connectivity index (χ3n) is 4.29. The van der Waals surface area contributed by atoms with Crippen LogP contribution in [0.15, 0.2) is 34.5 Å². The quantitative estimate of drug-likeness (QED) is 0.751. The Hall–Kier alpha value is -1.86. The zero-order chi connectivity index (χ0) is 17.8. The van der Waals surface area contributed by atoms with Crippen molar-refractivity contribution >= 4 is 35.0 Å². The summed E-state index contributed by atoms with van der Waals surface area (Å²) in [7, 11) is 0. The second-order valence-corrected chi connectivity index (χ2v) is 8.24. The number of nitrogens with one attached hydrogen (secondary N) is 1. The summed E-state index contributed by atoms with van der Waals surface area (Å²) in [4.78, 5) is 29.1. The van der Waals surface area contributed by atoms with E-state index in [9.17, 15) is 9.59 Å². The molecule has 1 amide bonds.